The molecule has 2 N–H and O–H groups in total. The average molecular weight is 369 g/mol. The number of nitrogens with zero attached hydrogens (tertiary/aromatic N) is 5. The van der Waals surface area contributed by atoms with Crippen LogP contribution in [0, 0.1) is 5.92 Å². The molecule has 4 heterocycles. The zero-order valence-electron chi connectivity index (χ0n) is 14.3. The quantitative estimate of drug-likeness (QED) is 0.648. The highest BCUT2D eigenvalue weighted by Crippen LogP contribution is 2.28. The molecule has 9 heteroatoms. The van der Waals surface area contributed by atoms with E-state index in [2.05, 4.69) is 32.3 Å². The summed E-state index contributed by atoms with van der Waals surface area (Å²) >= 11 is 1.58. The lowest BCUT2D eigenvalue weighted by molar-refractivity contribution is -0.131. The van der Waals surface area contributed by atoms with E-state index in [0.717, 1.165) is 41.4 Å². The number of amides is 1. The van der Waals surface area contributed by atoms with E-state index in [1.54, 1.807) is 27.1 Å². The number of likely N-dealkylation sites (tertiary alicyclic amines) is 1. The molecule has 0 saturated carbocycles. The van der Waals surface area contributed by atoms with Gasteiger partial charge < -0.3 is 15.5 Å². The number of aryl methyl sites for hydroxylation is 1. The standard InChI is InChI=1S/C17H19N7OS/c1-3-14(25)24-8-11(9-24)6-18-15-13-4-5-26-16(13)22-17(21-15)20-12-7-19-23(2)10-12/h3-5,7,10-11H,1,6,8-9H2,2H3,(H2,18,20,21,22). The maximum Gasteiger partial charge on any atom is 0.245 e. The third kappa shape index (κ3) is 3.25. The first-order valence-electron chi connectivity index (χ1n) is 8.28. The Bertz CT molecular complexity index is 957. The van der Waals surface area contributed by atoms with Gasteiger partial charge in [0, 0.05) is 38.8 Å². The predicted molar refractivity (Wildman–Crippen MR) is 103 cm³/mol. The van der Waals surface area contributed by atoms with Crippen LogP contribution in [0.1, 0.15) is 0 Å². The van der Waals surface area contributed by atoms with Crippen LogP contribution in [0.5, 0.6) is 0 Å². The Morgan fingerprint density at radius 3 is 3.04 bits per heavy atom. The van der Waals surface area contributed by atoms with Crippen LogP contribution in [-0.2, 0) is 11.8 Å². The van der Waals surface area contributed by atoms with E-state index in [-0.39, 0.29) is 5.91 Å². The molecule has 26 heavy (non-hydrogen) atoms. The lowest BCUT2D eigenvalue weighted by Gasteiger charge is -2.38. The Hall–Kier alpha value is -2.94. The van der Waals surface area contributed by atoms with Gasteiger partial charge in [-0.25, -0.2) is 4.98 Å². The number of aromatic nitrogens is 4. The number of carbonyl (C=O) groups excluding carboxylic acids is 1. The Morgan fingerprint density at radius 2 is 2.31 bits per heavy atom. The Balaban J connectivity index is 1.46. The zero-order valence-corrected chi connectivity index (χ0v) is 15.2. The van der Waals surface area contributed by atoms with Gasteiger partial charge >= 0.3 is 0 Å². The summed E-state index contributed by atoms with van der Waals surface area (Å²) in [6, 6.07) is 2.02. The number of thiophene rings is 1. The second kappa shape index (κ2) is 6.75. The van der Waals surface area contributed by atoms with Crippen molar-refractivity contribution in [2.24, 2.45) is 13.0 Å². The second-order valence-corrected chi connectivity index (χ2v) is 7.15. The molecule has 0 aromatic carbocycles. The zero-order chi connectivity index (χ0) is 18.1. The van der Waals surface area contributed by atoms with Gasteiger partial charge in [-0.1, -0.05) is 6.58 Å². The van der Waals surface area contributed by atoms with Gasteiger partial charge in [-0.05, 0) is 17.5 Å². The molecule has 0 unspecified atom stereocenters. The SMILES string of the molecule is C=CC(=O)N1CC(CNc2nc(Nc3cnn(C)c3)nc3sccc23)C1. The van der Waals surface area contributed by atoms with Gasteiger partial charge in [0.05, 0.1) is 17.3 Å². The molecule has 1 saturated heterocycles. The van der Waals surface area contributed by atoms with Crippen LogP contribution in [0.3, 0.4) is 0 Å². The summed E-state index contributed by atoms with van der Waals surface area (Å²) in [4.78, 5) is 23.4. The molecule has 1 aliphatic rings. The molecule has 1 aliphatic heterocycles. The van der Waals surface area contributed by atoms with E-state index in [4.69, 9.17) is 0 Å². The normalized spacial score (nSPS) is 14.3. The summed E-state index contributed by atoms with van der Waals surface area (Å²) in [6.07, 6.45) is 4.96. The first-order valence-corrected chi connectivity index (χ1v) is 9.16. The summed E-state index contributed by atoms with van der Waals surface area (Å²) < 4.78 is 1.72. The molecule has 0 bridgehead atoms. The fourth-order valence-electron chi connectivity index (χ4n) is 2.91. The number of fused-ring (bicyclic) bond motifs is 1. The highest BCUT2D eigenvalue weighted by atomic mass is 32.1. The van der Waals surface area contributed by atoms with Crippen molar-refractivity contribution < 1.29 is 4.79 Å². The van der Waals surface area contributed by atoms with Gasteiger partial charge in [-0.2, -0.15) is 10.1 Å². The van der Waals surface area contributed by atoms with Crippen molar-refractivity contribution in [3.63, 3.8) is 0 Å². The van der Waals surface area contributed by atoms with Crippen LogP contribution in [0.4, 0.5) is 17.5 Å². The summed E-state index contributed by atoms with van der Waals surface area (Å²) in [5.41, 5.74) is 0.840. The molecular formula is C17H19N7OS. The van der Waals surface area contributed by atoms with Crippen molar-refractivity contribution in [3.8, 4) is 0 Å². The fourth-order valence-corrected chi connectivity index (χ4v) is 3.67. The molecular weight excluding hydrogens is 350 g/mol. The topological polar surface area (TPSA) is 88.0 Å². The smallest absolute Gasteiger partial charge is 0.245 e. The maximum atomic E-state index is 11.5. The van der Waals surface area contributed by atoms with Crippen LogP contribution < -0.4 is 10.6 Å². The number of hydrogen-bond acceptors (Lipinski definition) is 7. The molecule has 0 radical (unpaired) electrons. The summed E-state index contributed by atoms with van der Waals surface area (Å²) in [7, 11) is 1.86. The molecule has 8 nitrogen and oxygen atoms in total. The third-order valence-corrected chi connectivity index (χ3v) is 5.09. The second-order valence-electron chi connectivity index (χ2n) is 6.26. The van der Waals surface area contributed by atoms with Crippen molar-refractivity contribution in [2.75, 3.05) is 30.3 Å². The van der Waals surface area contributed by atoms with E-state index >= 15 is 0 Å². The van der Waals surface area contributed by atoms with Gasteiger partial charge in [0.15, 0.2) is 0 Å². The van der Waals surface area contributed by atoms with Gasteiger partial charge in [0.1, 0.15) is 10.6 Å². The van der Waals surface area contributed by atoms with E-state index in [1.807, 2.05) is 24.7 Å². The minimum Gasteiger partial charge on any atom is -0.369 e. The van der Waals surface area contributed by atoms with Crippen molar-refractivity contribution >= 4 is 44.9 Å². The largest absolute Gasteiger partial charge is 0.369 e. The van der Waals surface area contributed by atoms with E-state index < -0.39 is 0 Å². The summed E-state index contributed by atoms with van der Waals surface area (Å²) in [6.45, 7) is 5.77. The van der Waals surface area contributed by atoms with Crippen LogP contribution in [-0.4, -0.2) is 50.2 Å². The molecule has 1 fully saturated rings. The Kier molecular flexibility index (Phi) is 4.29. The van der Waals surface area contributed by atoms with E-state index in [9.17, 15) is 4.79 Å². The minimum absolute atomic E-state index is 0.00790. The lowest BCUT2D eigenvalue weighted by Crippen LogP contribution is -2.51. The molecule has 0 atom stereocenters. The van der Waals surface area contributed by atoms with Gasteiger partial charge in [0.2, 0.25) is 11.9 Å². The van der Waals surface area contributed by atoms with Crippen molar-refractivity contribution in [1.29, 1.82) is 0 Å². The van der Waals surface area contributed by atoms with E-state index in [0.29, 0.717) is 11.9 Å². The highest BCUT2D eigenvalue weighted by molar-refractivity contribution is 7.16. The van der Waals surface area contributed by atoms with Gasteiger partial charge in [-0.15, -0.1) is 11.3 Å². The maximum absolute atomic E-state index is 11.5. The summed E-state index contributed by atoms with van der Waals surface area (Å²) in [5, 5.41) is 13.8. The van der Waals surface area contributed by atoms with Crippen molar-refractivity contribution in [2.45, 2.75) is 0 Å². The minimum atomic E-state index is -0.00790. The molecule has 1 amide bonds. The summed E-state index contributed by atoms with van der Waals surface area (Å²) in [5.74, 6) is 1.74. The molecule has 3 aromatic rings. The van der Waals surface area contributed by atoms with Gasteiger partial charge in [-0.3, -0.25) is 9.48 Å². The van der Waals surface area contributed by atoms with E-state index in [1.165, 1.54) is 6.08 Å². The van der Waals surface area contributed by atoms with Crippen LogP contribution >= 0.6 is 11.3 Å². The number of nitrogens with one attached hydrogen (secondary N) is 2. The van der Waals surface area contributed by atoms with Crippen LogP contribution in [0.2, 0.25) is 0 Å². The fraction of sp³-hybridized carbons (Fsp3) is 0.294. The van der Waals surface area contributed by atoms with Crippen molar-refractivity contribution in [3.05, 3.63) is 36.5 Å². The third-order valence-electron chi connectivity index (χ3n) is 4.29. The van der Waals surface area contributed by atoms with Crippen LogP contribution in [0.25, 0.3) is 10.2 Å². The average Bonchev–Trinajstić information content (AvgIpc) is 3.21. The van der Waals surface area contributed by atoms with Gasteiger partial charge in [0.25, 0.3) is 0 Å². The molecule has 134 valence electrons. The molecule has 0 aliphatic carbocycles. The number of hydrogen-bond donors (Lipinski definition) is 2. The monoisotopic (exact) mass is 369 g/mol. The Labute approximate surface area is 154 Å². The highest BCUT2D eigenvalue weighted by Gasteiger charge is 2.29. The lowest BCUT2D eigenvalue weighted by atomic mass is 10.00. The number of rotatable bonds is 6. The Morgan fingerprint density at radius 1 is 1.46 bits per heavy atom. The molecule has 3 aromatic heterocycles. The molecule has 0 spiro atoms. The van der Waals surface area contributed by atoms with Crippen LogP contribution in [0.15, 0.2) is 36.5 Å². The molecule has 4 rings (SSSR count). The van der Waals surface area contributed by atoms with Crippen molar-refractivity contribution in [1.82, 2.24) is 24.6 Å². The first kappa shape index (κ1) is 16.5. The predicted octanol–water partition coefficient (Wildman–Crippen LogP) is 2.22. The number of carbonyl (C=O) groups is 1. The number of anilines is 3. The first-order chi connectivity index (χ1) is 12.6.